The topological polar surface area (TPSA) is 22.1 Å². The number of nitrogens with zero attached hydrogens (tertiary/aromatic N) is 1. The van der Waals surface area contributed by atoms with E-state index in [4.69, 9.17) is 4.74 Å². The maximum Gasteiger partial charge on any atom is 0.138 e. The third-order valence-corrected chi connectivity index (χ3v) is 4.17. The molecule has 3 aromatic carbocycles. The minimum Gasteiger partial charge on any atom is -0.492 e. The standard InChI is InChI=1S/C22H18NO/c1-2-14-24-22-19-11-5-6-13-21(19)23-15-20(22)18-12-7-9-16-8-3-4-10-17(16)18/h3-13H,2,14H2,1H3. The Hall–Kier alpha value is -2.87. The van der Waals surface area contributed by atoms with Gasteiger partial charge in [-0.3, -0.25) is 0 Å². The van der Waals surface area contributed by atoms with Crippen molar-refractivity contribution in [2.45, 2.75) is 13.3 Å². The average Bonchev–Trinajstić information content (AvgIpc) is 2.65. The molecule has 0 aliphatic heterocycles. The summed E-state index contributed by atoms with van der Waals surface area (Å²) in [5.74, 6) is 0.874. The summed E-state index contributed by atoms with van der Waals surface area (Å²) in [5, 5.41) is 3.43. The molecule has 0 aliphatic rings. The summed E-state index contributed by atoms with van der Waals surface area (Å²) in [6.07, 6.45) is 4.19. The summed E-state index contributed by atoms with van der Waals surface area (Å²) in [5.41, 5.74) is 2.95. The van der Waals surface area contributed by atoms with Crippen LogP contribution in [0.25, 0.3) is 32.8 Å². The number of pyridine rings is 1. The number of hydrogen-bond acceptors (Lipinski definition) is 2. The third kappa shape index (κ3) is 2.50. The van der Waals surface area contributed by atoms with Crippen LogP contribution in [0.5, 0.6) is 5.75 Å². The van der Waals surface area contributed by atoms with E-state index in [1.165, 1.54) is 10.8 Å². The molecule has 117 valence electrons. The molecule has 0 N–H and O–H groups in total. The average molecular weight is 312 g/mol. The number of benzene rings is 3. The third-order valence-electron chi connectivity index (χ3n) is 4.17. The fourth-order valence-electron chi connectivity index (χ4n) is 3.04. The Bertz CT molecular complexity index is 1000. The van der Waals surface area contributed by atoms with E-state index in [1.807, 2.05) is 18.2 Å². The first-order valence-electron chi connectivity index (χ1n) is 8.30. The van der Waals surface area contributed by atoms with Crippen LogP contribution in [0.15, 0.2) is 66.7 Å². The van der Waals surface area contributed by atoms with E-state index < -0.39 is 0 Å². The van der Waals surface area contributed by atoms with Crippen molar-refractivity contribution in [2.75, 3.05) is 6.61 Å². The zero-order valence-electron chi connectivity index (χ0n) is 13.6. The molecule has 0 bridgehead atoms. The van der Waals surface area contributed by atoms with E-state index in [0.29, 0.717) is 6.61 Å². The van der Waals surface area contributed by atoms with Gasteiger partial charge in [0.25, 0.3) is 0 Å². The van der Waals surface area contributed by atoms with Gasteiger partial charge < -0.3 is 4.74 Å². The van der Waals surface area contributed by atoms with Gasteiger partial charge in [-0.05, 0) is 34.9 Å². The lowest BCUT2D eigenvalue weighted by Crippen LogP contribution is -1.99. The number of fused-ring (bicyclic) bond motifs is 2. The van der Waals surface area contributed by atoms with Crippen LogP contribution in [0.3, 0.4) is 0 Å². The quantitative estimate of drug-likeness (QED) is 0.486. The molecule has 4 rings (SSSR count). The van der Waals surface area contributed by atoms with E-state index in [0.717, 1.165) is 34.2 Å². The van der Waals surface area contributed by atoms with Gasteiger partial charge in [-0.2, -0.15) is 0 Å². The van der Waals surface area contributed by atoms with Crippen LogP contribution in [0, 0.1) is 6.20 Å². The summed E-state index contributed by atoms with van der Waals surface area (Å²) in [4.78, 5) is 4.53. The van der Waals surface area contributed by atoms with Gasteiger partial charge in [0.1, 0.15) is 11.9 Å². The fourth-order valence-corrected chi connectivity index (χ4v) is 3.04. The van der Waals surface area contributed by atoms with Crippen molar-refractivity contribution < 1.29 is 4.74 Å². The van der Waals surface area contributed by atoms with E-state index in [2.05, 4.69) is 66.6 Å². The Balaban J connectivity index is 2.01. The molecule has 0 aliphatic carbocycles. The monoisotopic (exact) mass is 312 g/mol. The molecule has 0 unspecified atom stereocenters. The number of aromatic nitrogens is 1. The van der Waals surface area contributed by atoms with Gasteiger partial charge in [0.05, 0.1) is 17.7 Å². The Morgan fingerprint density at radius 2 is 1.62 bits per heavy atom. The molecule has 4 aromatic rings. The normalized spacial score (nSPS) is 11.0. The second-order valence-corrected chi connectivity index (χ2v) is 5.82. The molecule has 0 spiro atoms. The first-order chi connectivity index (χ1) is 11.9. The Kier molecular flexibility index (Phi) is 3.87. The summed E-state index contributed by atoms with van der Waals surface area (Å²) in [6, 6.07) is 22.8. The highest BCUT2D eigenvalue weighted by Crippen LogP contribution is 2.38. The lowest BCUT2D eigenvalue weighted by atomic mass is 9.97. The van der Waals surface area contributed by atoms with Crippen LogP contribution >= 0.6 is 0 Å². The lowest BCUT2D eigenvalue weighted by Gasteiger charge is -2.15. The van der Waals surface area contributed by atoms with Crippen LogP contribution < -0.4 is 4.74 Å². The largest absolute Gasteiger partial charge is 0.492 e. The van der Waals surface area contributed by atoms with Crippen molar-refractivity contribution in [3.63, 3.8) is 0 Å². The van der Waals surface area contributed by atoms with Gasteiger partial charge in [-0.15, -0.1) is 0 Å². The van der Waals surface area contributed by atoms with Crippen molar-refractivity contribution in [2.24, 2.45) is 0 Å². The van der Waals surface area contributed by atoms with E-state index in [9.17, 15) is 0 Å². The minimum absolute atomic E-state index is 0.680. The highest BCUT2D eigenvalue weighted by molar-refractivity contribution is 6.01. The van der Waals surface area contributed by atoms with Crippen LogP contribution in [-0.2, 0) is 0 Å². The molecule has 0 amide bonds. The van der Waals surface area contributed by atoms with Gasteiger partial charge in [0.2, 0.25) is 0 Å². The molecule has 1 radical (unpaired) electrons. The summed E-state index contributed by atoms with van der Waals surface area (Å²) < 4.78 is 6.13. The number of ether oxygens (including phenoxy) is 1. The molecule has 0 saturated heterocycles. The van der Waals surface area contributed by atoms with Gasteiger partial charge >= 0.3 is 0 Å². The predicted octanol–water partition coefficient (Wildman–Crippen LogP) is 5.64. The smallest absolute Gasteiger partial charge is 0.138 e. The summed E-state index contributed by atoms with van der Waals surface area (Å²) in [6.45, 7) is 2.80. The number of rotatable bonds is 4. The first-order valence-corrected chi connectivity index (χ1v) is 8.30. The van der Waals surface area contributed by atoms with Gasteiger partial charge in [-0.25, -0.2) is 4.98 Å². The highest BCUT2D eigenvalue weighted by Gasteiger charge is 2.14. The molecule has 2 nitrogen and oxygen atoms in total. The van der Waals surface area contributed by atoms with Gasteiger partial charge in [0.15, 0.2) is 0 Å². The van der Waals surface area contributed by atoms with E-state index in [-0.39, 0.29) is 0 Å². The first kappa shape index (κ1) is 14.7. The van der Waals surface area contributed by atoms with Crippen LogP contribution in [0.2, 0.25) is 0 Å². The Morgan fingerprint density at radius 1 is 0.875 bits per heavy atom. The maximum absolute atomic E-state index is 6.13. The van der Waals surface area contributed by atoms with E-state index >= 15 is 0 Å². The van der Waals surface area contributed by atoms with Crippen molar-refractivity contribution in [1.82, 2.24) is 4.98 Å². The zero-order valence-corrected chi connectivity index (χ0v) is 13.6. The van der Waals surface area contributed by atoms with Crippen molar-refractivity contribution in [3.8, 4) is 16.9 Å². The molecule has 1 aromatic heterocycles. The Morgan fingerprint density at radius 3 is 2.50 bits per heavy atom. The lowest BCUT2D eigenvalue weighted by molar-refractivity contribution is 0.322. The maximum atomic E-state index is 6.13. The number of para-hydroxylation sites is 1. The van der Waals surface area contributed by atoms with Crippen LogP contribution in [0.1, 0.15) is 13.3 Å². The van der Waals surface area contributed by atoms with E-state index in [1.54, 1.807) is 0 Å². The fraction of sp³-hybridized carbons (Fsp3) is 0.136. The molecule has 2 heteroatoms. The van der Waals surface area contributed by atoms with Crippen molar-refractivity contribution >= 4 is 21.7 Å². The van der Waals surface area contributed by atoms with Crippen molar-refractivity contribution in [1.29, 1.82) is 0 Å². The second kappa shape index (κ2) is 6.32. The summed E-state index contributed by atoms with van der Waals surface area (Å²) >= 11 is 0. The molecule has 1 heterocycles. The minimum atomic E-state index is 0.680. The SMILES string of the molecule is CCCOc1c(-c2cccc3ccccc23)[c]nc2ccccc12. The van der Waals surface area contributed by atoms with Crippen molar-refractivity contribution in [3.05, 3.63) is 72.9 Å². The molecule has 0 saturated carbocycles. The molecule has 0 fully saturated rings. The number of hydrogen-bond donors (Lipinski definition) is 0. The molecular weight excluding hydrogens is 294 g/mol. The molecular formula is C22H18NO. The Labute approximate surface area is 141 Å². The molecule has 0 atom stereocenters. The summed E-state index contributed by atoms with van der Waals surface area (Å²) in [7, 11) is 0. The second-order valence-electron chi connectivity index (χ2n) is 5.82. The molecule has 24 heavy (non-hydrogen) atoms. The van der Waals surface area contributed by atoms with Gasteiger partial charge in [0, 0.05) is 5.39 Å². The highest BCUT2D eigenvalue weighted by atomic mass is 16.5. The zero-order chi connectivity index (χ0) is 16.4. The van der Waals surface area contributed by atoms with Crippen LogP contribution in [0.4, 0.5) is 0 Å². The van der Waals surface area contributed by atoms with Crippen LogP contribution in [-0.4, -0.2) is 11.6 Å². The van der Waals surface area contributed by atoms with Gasteiger partial charge in [-0.1, -0.05) is 61.5 Å². The predicted molar refractivity (Wildman–Crippen MR) is 99.3 cm³/mol.